The van der Waals surface area contributed by atoms with Crippen LogP contribution in [-0.2, 0) is 6.54 Å². The molecule has 3 N–H and O–H groups in total. The Labute approximate surface area is 162 Å². The molecular weight excluding hydrogens is 367 g/mol. The third-order valence-electron chi connectivity index (χ3n) is 4.65. The monoisotopic (exact) mass is 390 g/mol. The first-order valence-corrected chi connectivity index (χ1v) is 8.81. The quantitative estimate of drug-likeness (QED) is 0.785. The number of carbonyl (C=O) groups excluding carboxylic acids is 1. The summed E-state index contributed by atoms with van der Waals surface area (Å²) in [6.07, 6.45) is -2.61. The highest BCUT2D eigenvalue weighted by atomic mass is 19.1. The maximum absolute atomic E-state index is 13.6. The van der Waals surface area contributed by atoms with E-state index in [0.29, 0.717) is 34.1 Å². The summed E-state index contributed by atoms with van der Waals surface area (Å²) in [5, 5.41) is 9.57. The Morgan fingerprint density at radius 1 is 1.14 bits per heavy atom. The number of nitrogens with two attached hydrogens (primary N) is 1. The van der Waals surface area contributed by atoms with E-state index < -0.39 is 18.2 Å². The van der Waals surface area contributed by atoms with E-state index in [1.54, 1.807) is 37.4 Å². The number of nitrogens with zero attached hydrogens (tertiary/aromatic N) is 1. The van der Waals surface area contributed by atoms with Gasteiger partial charge in [0, 0.05) is 18.7 Å². The van der Waals surface area contributed by atoms with Crippen molar-refractivity contribution < 1.29 is 28.5 Å². The number of alkyl halides is 1. The lowest BCUT2D eigenvalue weighted by Crippen LogP contribution is -2.29. The molecule has 3 rings (SSSR count). The predicted molar refractivity (Wildman–Crippen MR) is 101 cm³/mol. The van der Waals surface area contributed by atoms with Crippen LogP contribution < -0.4 is 19.9 Å². The molecule has 0 spiro atoms. The van der Waals surface area contributed by atoms with E-state index in [4.69, 9.17) is 19.9 Å². The number of benzene rings is 2. The third kappa shape index (κ3) is 3.88. The highest BCUT2D eigenvalue weighted by Crippen LogP contribution is 2.37. The minimum atomic E-state index is -1.44. The second-order valence-electron chi connectivity index (χ2n) is 6.40. The molecule has 1 fully saturated rings. The lowest BCUT2D eigenvalue weighted by molar-refractivity contribution is 0.0764. The predicted octanol–water partition coefficient (Wildman–Crippen LogP) is 2.11. The van der Waals surface area contributed by atoms with Crippen molar-refractivity contribution in [2.75, 3.05) is 27.3 Å². The summed E-state index contributed by atoms with van der Waals surface area (Å²) < 4.78 is 30.2. The number of hydrogen-bond donors (Lipinski definition) is 2. The first-order chi connectivity index (χ1) is 13.5. The molecule has 0 saturated carbocycles. The SMILES string of the molecule is COc1ccc(C(=O)N2C[C@@H](O)[C@H](F)C2)cc1Oc1cccc(OC)c1CN. The molecule has 0 radical (unpaired) electrons. The van der Waals surface area contributed by atoms with Gasteiger partial charge in [0.05, 0.1) is 26.3 Å². The third-order valence-corrected chi connectivity index (χ3v) is 4.65. The van der Waals surface area contributed by atoms with E-state index in [1.807, 2.05) is 0 Å². The van der Waals surface area contributed by atoms with Gasteiger partial charge in [0.2, 0.25) is 0 Å². The summed E-state index contributed by atoms with van der Waals surface area (Å²) in [7, 11) is 3.03. The summed E-state index contributed by atoms with van der Waals surface area (Å²) in [6, 6.07) is 9.98. The Hall–Kier alpha value is -2.84. The van der Waals surface area contributed by atoms with Crippen LogP contribution in [0.3, 0.4) is 0 Å². The first-order valence-electron chi connectivity index (χ1n) is 8.81. The number of aliphatic hydroxyl groups excluding tert-OH is 1. The fraction of sp³-hybridized carbons (Fsp3) is 0.350. The normalized spacial score (nSPS) is 18.8. The molecule has 1 saturated heterocycles. The van der Waals surface area contributed by atoms with Crippen LogP contribution in [0, 0.1) is 0 Å². The summed E-state index contributed by atoms with van der Waals surface area (Å²) in [6.45, 7) is 0.00862. The molecule has 1 amide bonds. The number of hydrogen-bond acceptors (Lipinski definition) is 6. The van der Waals surface area contributed by atoms with Gasteiger partial charge in [-0.3, -0.25) is 4.79 Å². The standard InChI is InChI=1S/C20H23FN2O5/c1-26-16-4-3-5-17(13(16)9-22)28-19-8-12(6-7-18(19)27-2)20(25)23-10-14(21)15(24)11-23/h3-8,14-15,24H,9-11,22H2,1-2H3/t14-,15-/m1/s1. The van der Waals surface area contributed by atoms with E-state index in [1.165, 1.54) is 18.1 Å². The number of β-amino-alcohol motifs (C(OH)–C–C–N with tert-alkyl or cyclic N) is 1. The van der Waals surface area contributed by atoms with Crippen molar-refractivity contribution in [1.29, 1.82) is 0 Å². The molecular formula is C20H23FN2O5. The molecule has 7 nitrogen and oxygen atoms in total. The lowest BCUT2D eigenvalue weighted by atomic mass is 10.1. The van der Waals surface area contributed by atoms with E-state index in [9.17, 15) is 14.3 Å². The smallest absolute Gasteiger partial charge is 0.254 e. The van der Waals surface area contributed by atoms with Crippen LogP contribution in [0.15, 0.2) is 36.4 Å². The van der Waals surface area contributed by atoms with Crippen molar-refractivity contribution in [3.05, 3.63) is 47.5 Å². The molecule has 2 atom stereocenters. The second kappa shape index (κ2) is 8.45. The van der Waals surface area contributed by atoms with Crippen LogP contribution in [0.1, 0.15) is 15.9 Å². The summed E-state index contributed by atoms with van der Waals surface area (Å²) in [5.74, 6) is 1.41. The van der Waals surface area contributed by atoms with Crippen LogP contribution in [0.5, 0.6) is 23.0 Å². The number of likely N-dealkylation sites (tertiary alicyclic amines) is 1. The van der Waals surface area contributed by atoms with E-state index >= 15 is 0 Å². The largest absolute Gasteiger partial charge is 0.496 e. The van der Waals surface area contributed by atoms with Crippen molar-refractivity contribution in [2.24, 2.45) is 5.73 Å². The maximum atomic E-state index is 13.6. The molecule has 1 aliphatic rings. The number of amides is 1. The lowest BCUT2D eigenvalue weighted by Gasteiger charge is -2.18. The highest BCUT2D eigenvalue weighted by Gasteiger charge is 2.34. The fourth-order valence-corrected chi connectivity index (χ4v) is 3.14. The first kappa shape index (κ1) is 19.9. The number of rotatable bonds is 6. The van der Waals surface area contributed by atoms with E-state index in [0.717, 1.165) is 0 Å². The molecule has 150 valence electrons. The van der Waals surface area contributed by atoms with Crippen molar-refractivity contribution in [3.8, 4) is 23.0 Å². The number of ether oxygens (including phenoxy) is 3. The molecule has 2 aromatic carbocycles. The molecule has 2 aromatic rings. The van der Waals surface area contributed by atoms with Crippen molar-refractivity contribution >= 4 is 5.91 Å². The number of methoxy groups -OCH3 is 2. The molecule has 0 aromatic heterocycles. The highest BCUT2D eigenvalue weighted by molar-refractivity contribution is 5.95. The Morgan fingerprint density at radius 2 is 1.86 bits per heavy atom. The number of aliphatic hydroxyl groups is 1. The van der Waals surface area contributed by atoms with Crippen molar-refractivity contribution in [3.63, 3.8) is 0 Å². The zero-order valence-electron chi connectivity index (χ0n) is 15.7. The van der Waals surface area contributed by atoms with Gasteiger partial charge in [0.1, 0.15) is 23.8 Å². The minimum absolute atomic E-state index is 0.0462. The van der Waals surface area contributed by atoms with Crippen LogP contribution in [0.4, 0.5) is 4.39 Å². The van der Waals surface area contributed by atoms with Crippen molar-refractivity contribution in [2.45, 2.75) is 18.8 Å². The van der Waals surface area contributed by atoms with Crippen LogP contribution in [0.2, 0.25) is 0 Å². The Bertz CT molecular complexity index is 850. The Kier molecular flexibility index (Phi) is 6.01. The number of carbonyl (C=O) groups is 1. The van der Waals surface area contributed by atoms with Crippen LogP contribution >= 0.6 is 0 Å². The van der Waals surface area contributed by atoms with E-state index in [-0.39, 0.29) is 19.6 Å². The maximum Gasteiger partial charge on any atom is 0.254 e. The van der Waals surface area contributed by atoms with Gasteiger partial charge < -0.3 is 30.0 Å². The van der Waals surface area contributed by atoms with Crippen LogP contribution in [-0.4, -0.2) is 55.5 Å². The molecule has 0 aliphatic carbocycles. The average molecular weight is 390 g/mol. The molecule has 1 aliphatic heterocycles. The molecule has 0 bridgehead atoms. The average Bonchev–Trinajstić information content (AvgIpc) is 3.05. The van der Waals surface area contributed by atoms with Gasteiger partial charge >= 0.3 is 0 Å². The molecule has 28 heavy (non-hydrogen) atoms. The van der Waals surface area contributed by atoms with Gasteiger partial charge in [0.25, 0.3) is 5.91 Å². The number of halogens is 1. The van der Waals surface area contributed by atoms with Gasteiger partial charge in [-0.1, -0.05) is 6.07 Å². The van der Waals surface area contributed by atoms with Crippen LogP contribution in [0.25, 0.3) is 0 Å². The van der Waals surface area contributed by atoms with Gasteiger partial charge in [-0.2, -0.15) is 0 Å². The zero-order valence-corrected chi connectivity index (χ0v) is 15.7. The van der Waals surface area contributed by atoms with Gasteiger partial charge in [-0.05, 0) is 30.3 Å². The van der Waals surface area contributed by atoms with Gasteiger partial charge in [0.15, 0.2) is 11.5 Å². The fourth-order valence-electron chi connectivity index (χ4n) is 3.14. The zero-order chi connectivity index (χ0) is 20.3. The Morgan fingerprint density at radius 3 is 2.46 bits per heavy atom. The van der Waals surface area contributed by atoms with Gasteiger partial charge in [-0.15, -0.1) is 0 Å². The Balaban J connectivity index is 1.91. The molecule has 8 heteroatoms. The van der Waals surface area contributed by atoms with Crippen molar-refractivity contribution in [1.82, 2.24) is 4.90 Å². The molecule has 1 heterocycles. The van der Waals surface area contributed by atoms with E-state index in [2.05, 4.69) is 0 Å². The van der Waals surface area contributed by atoms with Gasteiger partial charge in [-0.25, -0.2) is 4.39 Å². The summed E-state index contributed by atoms with van der Waals surface area (Å²) in [4.78, 5) is 14.0. The summed E-state index contributed by atoms with van der Waals surface area (Å²) in [5.41, 5.74) is 6.80. The second-order valence-corrected chi connectivity index (χ2v) is 6.40. The summed E-state index contributed by atoms with van der Waals surface area (Å²) >= 11 is 0. The topological polar surface area (TPSA) is 94.2 Å². The minimum Gasteiger partial charge on any atom is -0.496 e. The molecule has 0 unspecified atom stereocenters.